The van der Waals surface area contributed by atoms with Crippen molar-refractivity contribution in [3.8, 4) is 5.75 Å². The zero-order chi connectivity index (χ0) is 27.4. The molecule has 0 amide bonds. The number of esters is 1. The minimum atomic E-state index is -2.05. The first-order valence-corrected chi connectivity index (χ1v) is 16.8. The minimum absolute atomic E-state index is 0.113. The lowest BCUT2D eigenvalue weighted by Crippen LogP contribution is -2.51. The molecule has 0 spiro atoms. The van der Waals surface area contributed by atoms with Gasteiger partial charge in [-0.25, -0.2) is 0 Å². The lowest BCUT2D eigenvalue weighted by molar-refractivity contribution is -0.142. The van der Waals surface area contributed by atoms with Gasteiger partial charge >= 0.3 is 5.97 Å². The average molecular weight is 534 g/mol. The van der Waals surface area contributed by atoms with Crippen LogP contribution in [-0.4, -0.2) is 25.5 Å². The van der Waals surface area contributed by atoms with Gasteiger partial charge in [0, 0.05) is 17.1 Å². The Hall–Kier alpha value is -2.53. The summed E-state index contributed by atoms with van der Waals surface area (Å²) in [5.41, 5.74) is 5.13. The fraction of sp³-hybridized carbons (Fsp3) is 0.545. The van der Waals surface area contributed by atoms with Crippen LogP contribution in [0.5, 0.6) is 5.75 Å². The highest BCUT2D eigenvalue weighted by Crippen LogP contribution is 2.47. The third kappa shape index (κ3) is 5.45. The van der Waals surface area contributed by atoms with Crippen LogP contribution < -0.4 is 4.74 Å². The first-order valence-electron chi connectivity index (χ1n) is 14.6. The van der Waals surface area contributed by atoms with Crippen LogP contribution in [-0.2, 0) is 16.1 Å². The van der Waals surface area contributed by atoms with E-state index in [2.05, 4.69) is 82.3 Å². The standard InChI is InChI=1S/C33H47NO3Si/c1-23(2)38(24(3)4,25(5)6)34-21-31(30(33(35)36-7)19-26-13-11-12-14-26)29-20-28(17-18-32(29)34)37-22-27-15-9-8-10-16-27/h8-10,15-18,20-21,23-26,30H,11-14,19,22H2,1-7H3. The van der Waals surface area contributed by atoms with Gasteiger partial charge in [0.05, 0.1) is 13.0 Å². The molecule has 0 N–H and O–H groups in total. The molecule has 2 aromatic carbocycles. The first-order chi connectivity index (χ1) is 18.2. The van der Waals surface area contributed by atoms with Crippen molar-refractivity contribution in [2.45, 2.75) is 103 Å². The predicted octanol–water partition coefficient (Wildman–Crippen LogP) is 9.08. The molecule has 4 rings (SSSR count). The van der Waals surface area contributed by atoms with E-state index < -0.39 is 8.24 Å². The van der Waals surface area contributed by atoms with Crippen LogP contribution in [0.3, 0.4) is 0 Å². The number of benzene rings is 2. The number of hydrogen-bond donors (Lipinski definition) is 0. The SMILES string of the molecule is COC(=O)C(CC1CCCC1)c1cn([Si](C(C)C)(C(C)C)C(C)C)c2ccc(OCc3ccccc3)cc12. The molecular formula is C33H47NO3Si. The molecule has 1 atom stereocenters. The third-order valence-electron chi connectivity index (χ3n) is 9.15. The van der Waals surface area contributed by atoms with Gasteiger partial charge in [0.15, 0.2) is 8.24 Å². The van der Waals surface area contributed by atoms with E-state index in [-0.39, 0.29) is 11.9 Å². The van der Waals surface area contributed by atoms with Crippen molar-refractivity contribution in [2.75, 3.05) is 7.11 Å². The highest BCUT2D eigenvalue weighted by atomic mass is 28.3. The number of aromatic nitrogens is 1. The summed E-state index contributed by atoms with van der Waals surface area (Å²) in [6.07, 6.45) is 8.17. The Morgan fingerprint density at radius 3 is 2.16 bits per heavy atom. The molecule has 1 fully saturated rings. The van der Waals surface area contributed by atoms with E-state index in [0.717, 1.165) is 28.7 Å². The lowest BCUT2D eigenvalue weighted by Gasteiger charge is -2.44. The lowest BCUT2D eigenvalue weighted by atomic mass is 9.87. The van der Waals surface area contributed by atoms with Crippen molar-refractivity contribution in [3.05, 3.63) is 65.9 Å². The summed E-state index contributed by atoms with van der Waals surface area (Å²) in [4.78, 5) is 13.3. The van der Waals surface area contributed by atoms with E-state index >= 15 is 0 Å². The molecular weight excluding hydrogens is 486 g/mol. The van der Waals surface area contributed by atoms with Crippen molar-refractivity contribution >= 4 is 25.1 Å². The van der Waals surface area contributed by atoms with E-state index in [9.17, 15) is 4.79 Å². The van der Waals surface area contributed by atoms with Crippen molar-refractivity contribution in [2.24, 2.45) is 5.92 Å². The summed E-state index contributed by atoms with van der Waals surface area (Å²) in [6, 6.07) is 16.8. The van der Waals surface area contributed by atoms with Crippen molar-refractivity contribution in [1.29, 1.82) is 0 Å². The summed E-state index contributed by atoms with van der Waals surface area (Å²) >= 11 is 0. The van der Waals surface area contributed by atoms with Crippen molar-refractivity contribution in [3.63, 3.8) is 0 Å². The van der Waals surface area contributed by atoms with Crippen LogP contribution in [0.2, 0.25) is 16.6 Å². The van der Waals surface area contributed by atoms with Crippen molar-refractivity contribution < 1.29 is 14.3 Å². The smallest absolute Gasteiger partial charge is 0.313 e. The Labute approximate surface area is 230 Å². The largest absolute Gasteiger partial charge is 0.489 e. The van der Waals surface area contributed by atoms with Crippen LogP contribution in [0.15, 0.2) is 54.7 Å². The molecule has 0 bridgehead atoms. The summed E-state index contributed by atoms with van der Waals surface area (Å²) in [6.45, 7) is 14.9. The number of fused-ring (bicyclic) bond motifs is 1. The van der Waals surface area contributed by atoms with Gasteiger partial charge in [-0.2, -0.15) is 0 Å². The summed E-state index contributed by atoms with van der Waals surface area (Å²) in [5.74, 6) is 1.06. The van der Waals surface area contributed by atoms with Gasteiger partial charge in [0.1, 0.15) is 12.4 Å². The Balaban J connectivity index is 1.88. The quantitative estimate of drug-likeness (QED) is 0.182. The monoisotopic (exact) mass is 533 g/mol. The topological polar surface area (TPSA) is 40.5 Å². The van der Waals surface area contributed by atoms with Crippen LogP contribution in [0, 0.1) is 5.92 Å². The van der Waals surface area contributed by atoms with Crippen LogP contribution >= 0.6 is 0 Å². The Morgan fingerprint density at radius 2 is 1.58 bits per heavy atom. The number of nitrogens with zero attached hydrogens (tertiary/aromatic N) is 1. The minimum Gasteiger partial charge on any atom is -0.489 e. The predicted molar refractivity (Wildman–Crippen MR) is 160 cm³/mol. The second-order valence-corrected chi connectivity index (χ2v) is 17.9. The van der Waals surface area contributed by atoms with Gasteiger partial charge in [-0.05, 0) is 58.3 Å². The molecule has 3 aromatic rings. The molecule has 1 heterocycles. The summed E-state index contributed by atoms with van der Waals surface area (Å²) in [7, 11) is -0.512. The van der Waals surface area contributed by atoms with E-state index in [0.29, 0.717) is 29.1 Å². The number of ether oxygens (including phenoxy) is 2. The number of carbonyl (C=O) groups is 1. The second kappa shape index (κ2) is 12.1. The van der Waals surface area contributed by atoms with Crippen molar-refractivity contribution in [1.82, 2.24) is 4.23 Å². The Kier molecular flexibility index (Phi) is 9.07. The van der Waals surface area contributed by atoms with E-state index in [4.69, 9.17) is 9.47 Å². The highest BCUT2D eigenvalue weighted by Gasteiger charge is 2.46. The maximum Gasteiger partial charge on any atom is 0.313 e. The van der Waals surface area contributed by atoms with E-state index in [1.165, 1.54) is 38.3 Å². The van der Waals surface area contributed by atoms with Gasteiger partial charge in [-0.1, -0.05) is 97.6 Å². The first kappa shape index (κ1) is 28.5. The molecule has 1 saturated carbocycles. The summed E-state index contributed by atoms with van der Waals surface area (Å²) < 4.78 is 14.4. The van der Waals surface area contributed by atoms with Gasteiger partial charge in [-0.15, -0.1) is 0 Å². The Morgan fingerprint density at radius 1 is 0.947 bits per heavy atom. The molecule has 4 nitrogen and oxygen atoms in total. The van der Waals surface area contributed by atoms with Crippen LogP contribution in [0.25, 0.3) is 10.9 Å². The van der Waals surface area contributed by atoms with E-state index in [1.807, 2.05) is 18.2 Å². The van der Waals surface area contributed by atoms with Crippen LogP contribution in [0.4, 0.5) is 0 Å². The Bertz CT molecular complexity index is 1190. The highest BCUT2D eigenvalue weighted by molar-refractivity contribution is 6.82. The second-order valence-electron chi connectivity index (χ2n) is 12.2. The number of carbonyl (C=O) groups excluding carboxylic acids is 1. The van der Waals surface area contributed by atoms with Crippen LogP contribution in [0.1, 0.15) is 90.7 Å². The summed E-state index contributed by atoms with van der Waals surface area (Å²) in [5, 5.41) is 1.14. The molecule has 0 radical (unpaired) electrons. The normalized spacial score (nSPS) is 15.6. The zero-order valence-electron chi connectivity index (χ0n) is 24.5. The molecule has 1 aliphatic rings. The van der Waals surface area contributed by atoms with Gasteiger partial charge in [0.25, 0.3) is 0 Å². The molecule has 1 unspecified atom stereocenters. The third-order valence-corrected chi connectivity index (χ3v) is 15.9. The van der Waals surface area contributed by atoms with Gasteiger partial charge in [0.2, 0.25) is 0 Å². The molecule has 206 valence electrons. The van der Waals surface area contributed by atoms with Gasteiger partial charge in [-0.3, -0.25) is 4.79 Å². The molecule has 1 aromatic heterocycles. The maximum absolute atomic E-state index is 13.3. The number of hydrogen-bond acceptors (Lipinski definition) is 3. The fourth-order valence-corrected chi connectivity index (χ4v) is 14.2. The zero-order valence-corrected chi connectivity index (χ0v) is 25.5. The maximum atomic E-state index is 13.3. The molecule has 0 saturated heterocycles. The number of rotatable bonds is 11. The van der Waals surface area contributed by atoms with Gasteiger partial charge < -0.3 is 13.7 Å². The fourth-order valence-electron chi connectivity index (χ4n) is 7.57. The average Bonchev–Trinajstić information content (AvgIpc) is 3.54. The number of methoxy groups -OCH3 is 1. The molecule has 5 heteroatoms. The molecule has 1 aliphatic carbocycles. The van der Waals surface area contributed by atoms with E-state index in [1.54, 1.807) is 0 Å². The molecule has 38 heavy (non-hydrogen) atoms. The molecule has 0 aliphatic heterocycles.